The van der Waals surface area contributed by atoms with E-state index < -0.39 is 0 Å². The van der Waals surface area contributed by atoms with Crippen LogP contribution < -0.4 is 10.6 Å². The van der Waals surface area contributed by atoms with Crippen LogP contribution in [0.25, 0.3) is 11.0 Å². The summed E-state index contributed by atoms with van der Waals surface area (Å²) >= 11 is 0. The van der Waals surface area contributed by atoms with Crippen LogP contribution >= 0.6 is 0 Å². The van der Waals surface area contributed by atoms with Crippen LogP contribution in [0.4, 0.5) is 11.4 Å². The Balaban J connectivity index is 1.49. The zero-order valence-corrected chi connectivity index (χ0v) is 14.3. The van der Waals surface area contributed by atoms with Gasteiger partial charge in [-0.1, -0.05) is 18.2 Å². The Morgan fingerprint density at radius 2 is 2.08 bits per heavy atom. The zero-order chi connectivity index (χ0) is 17.2. The second-order valence-corrected chi connectivity index (χ2v) is 6.65. The van der Waals surface area contributed by atoms with E-state index in [9.17, 15) is 4.79 Å². The van der Waals surface area contributed by atoms with Crippen molar-refractivity contribution < 1.29 is 4.79 Å². The van der Waals surface area contributed by atoms with E-state index in [0.717, 1.165) is 41.8 Å². The van der Waals surface area contributed by atoms with Gasteiger partial charge < -0.3 is 15.2 Å². The maximum atomic E-state index is 11.7. The lowest BCUT2D eigenvalue weighted by atomic mass is 10.2. The van der Waals surface area contributed by atoms with E-state index in [2.05, 4.69) is 45.3 Å². The summed E-state index contributed by atoms with van der Waals surface area (Å²) < 4.78 is 2.09. The molecule has 1 aliphatic rings. The monoisotopic (exact) mass is 334 g/mol. The van der Waals surface area contributed by atoms with Crippen LogP contribution in [0, 0.1) is 12.8 Å². The van der Waals surface area contributed by atoms with Crippen LogP contribution in [0.5, 0.6) is 0 Å². The largest absolute Gasteiger partial charge is 0.355 e. The Morgan fingerprint density at radius 1 is 1.24 bits per heavy atom. The summed E-state index contributed by atoms with van der Waals surface area (Å²) in [6.45, 7) is 3.45. The van der Waals surface area contributed by atoms with E-state index in [1.807, 2.05) is 30.6 Å². The van der Waals surface area contributed by atoms with Crippen LogP contribution in [-0.2, 0) is 11.3 Å². The highest BCUT2D eigenvalue weighted by Gasteiger charge is 2.29. The number of para-hydroxylation sites is 1. The number of hydrogen-bond acceptors (Lipinski definition) is 3. The molecule has 0 aliphatic heterocycles. The number of imidazole rings is 1. The molecule has 25 heavy (non-hydrogen) atoms. The standard InChI is InChI=1S/C20H22N4O/c1-14-4-2-3-5-17(14)23-16-8-9-18-19(12-16)24(13-22-18)11-10-21-20(25)15-6-7-15/h2-5,8-9,12-13,15,23H,6-7,10-11H2,1H3,(H,21,25). The molecular weight excluding hydrogens is 312 g/mol. The molecule has 0 saturated heterocycles. The van der Waals surface area contributed by atoms with Crippen molar-refractivity contribution in [1.29, 1.82) is 0 Å². The third-order valence-electron chi connectivity index (χ3n) is 4.65. The van der Waals surface area contributed by atoms with Crippen LogP contribution in [-0.4, -0.2) is 22.0 Å². The third-order valence-corrected chi connectivity index (χ3v) is 4.65. The molecule has 5 nitrogen and oxygen atoms in total. The smallest absolute Gasteiger partial charge is 0.223 e. The molecule has 1 saturated carbocycles. The van der Waals surface area contributed by atoms with Crippen LogP contribution in [0.15, 0.2) is 48.8 Å². The van der Waals surface area contributed by atoms with Gasteiger partial charge in [-0.25, -0.2) is 4.98 Å². The van der Waals surface area contributed by atoms with Crippen LogP contribution in [0.1, 0.15) is 18.4 Å². The number of fused-ring (bicyclic) bond motifs is 1. The quantitative estimate of drug-likeness (QED) is 0.724. The number of carbonyl (C=O) groups excluding carboxylic acids is 1. The molecule has 1 fully saturated rings. The molecule has 0 bridgehead atoms. The molecule has 0 spiro atoms. The van der Waals surface area contributed by atoms with Gasteiger partial charge in [0.25, 0.3) is 0 Å². The van der Waals surface area contributed by atoms with E-state index in [0.29, 0.717) is 6.54 Å². The molecule has 0 radical (unpaired) electrons. The molecule has 5 heteroatoms. The summed E-state index contributed by atoms with van der Waals surface area (Å²) in [4.78, 5) is 16.2. The summed E-state index contributed by atoms with van der Waals surface area (Å²) in [5.41, 5.74) is 5.37. The molecule has 1 aliphatic carbocycles. The Bertz CT molecular complexity index is 911. The highest BCUT2D eigenvalue weighted by molar-refractivity contribution is 5.82. The number of nitrogens with zero attached hydrogens (tertiary/aromatic N) is 2. The van der Waals surface area contributed by atoms with Gasteiger partial charge in [0.2, 0.25) is 5.91 Å². The van der Waals surface area contributed by atoms with Gasteiger partial charge in [0.15, 0.2) is 0 Å². The number of amides is 1. The molecule has 4 rings (SSSR count). The number of hydrogen-bond donors (Lipinski definition) is 2. The molecule has 2 N–H and O–H groups in total. The number of anilines is 2. The number of aromatic nitrogens is 2. The number of aryl methyl sites for hydroxylation is 1. The van der Waals surface area contributed by atoms with Gasteiger partial charge >= 0.3 is 0 Å². The van der Waals surface area contributed by atoms with Gasteiger partial charge in [-0.15, -0.1) is 0 Å². The fraction of sp³-hybridized carbons (Fsp3) is 0.300. The topological polar surface area (TPSA) is 59.0 Å². The van der Waals surface area contributed by atoms with E-state index in [1.54, 1.807) is 0 Å². The maximum Gasteiger partial charge on any atom is 0.223 e. The van der Waals surface area contributed by atoms with Gasteiger partial charge in [-0.3, -0.25) is 4.79 Å². The van der Waals surface area contributed by atoms with Crippen LogP contribution in [0.3, 0.4) is 0 Å². The van der Waals surface area contributed by atoms with Crippen molar-refractivity contribution in [3.8, 4) is 0 Å². The lowest BCUT2D eigenvalue weighted by Crippen LogP contribution is -2.28. The zero-order valence-electron chi connectivity index (χ0n) is 14.3. The average molecular weight is 334 g/mol. The number of benzene rings is 2. The van der Waals surface area contributed by atoms with Crippen LogP contribution in [0.2, 0.25) is 0 Å². The molecule has 3 aromatic rings. The average Bonchev–Trinajstić information content (AvgIpc) is 3.39. The molecule has 2 aromatic carbocycles. The molecule has 1 heterocycles. The van der Waals surface area contributed by atoms with Gasteiger partial charge in [0.05, 0.1) is 17.4 Å². The summed E-state index contributed by atoms with van der Waals surface area (Å²) in [6, 6.07) is 14.4. The summed E-state index contributed by atoms with van der Waals surface area (Å²) in [7, 11) is 0. The normalized spacial score (nSPS) is 13.8. The Morgan fingerprint density at radius 3 is 2.88 bits per heavy atom. The molecule has 1 amide bonds. The number of nitrogens with one attached hydrogen (secondary N) is 2. The lowest BCUT2D eigenvalue weighted by molar-refractivity contribution is -0.122. The minimum absolute atomic E-state index is 0.186. The SMILES string of the molecule is Cc1ccccc1Nc1ccc2ncn(CCNC(=O)C3CC3)c2c1. The van der Waals surface area contributed by atoms with Crippen molar-refractivity contribution in [3.05, 3.63) is 54.4 Å². The first-order chi connectivity index (χ1) is 12.2. The van der Waals surface area contributed by atoms with Crippen molar-refractivity contribution in [2.75, 3.05) is 11.9 Å². The highest BCUT2D eigenvalue weighted by atomic mass is 16.2. The van der Waals surface area contributed by atoms with Gasteiger partial charge in [-0.2, -0.15) is 0 Å². The summed E-state index contributed by atoms with van der Waals surface area (Å²) in [5.74, 6) is 0.441. The van der Waals surface area contributed by atoms with Gasteiger partial charge in [-0.05, 0) is 49.6 Å². The first-order valence-corrected chi connectivity index (χ1v) is 8.76. The first kappa shape index (κ1) is 15.7. The molecular formula is C20H22N4O. The number of carbonyl (C=O) groups is 1. The predicted molar refractivity (Wildman–Crippen MR) is 99.9 cm³/mol. The highest BCUT2D eigenvalue weighted by Crippen LogP contribution is 2.28. The van der Waals surface area contributed by atoms with Crippen molar-refractivity contribution in [1.82, 2.24) is 14.9 Å². The summed E-state index contributed by atoms with van der Waals surface area (Å²) in [5, 5.41) is 6.47. The molecule has 1 aromatic heterocycles. The fourth-order valence-corrected chi connectivity index (χ4v) is 2.97. The van der Waals surface area contributed by atoms with Crippen molar-refractivity contribution in [2.45, 2.75) is 26.3 Å². The van der Waals surface area contributed by atoms with E-state index >= 15 is 0 Å². The second kappa shape index (κ2) is 6.59. The predicted octanol–water partition coefficient (Wildman–Crippen LogP) is 3.61. The third kappa shape index (κ3) is 3.50. The van der Waals surface area contributed by atoms with E-state index in [4.69, 9.17) is 0 Å². The molecule has 0 unspecified atom stereocenters. The maximum absolute atomic E-state index is 11.7. The van der Waals surface area contributed by atoms with Crippen molar-refractivity contribution >= 4 is 28.3 Å². The Labute approximate surface area is 147 Å². The fourth-order valence-electron chi connectivity index (χ4n) is 2.97. The Kier molecular flexibility index (Phi) is 4.14. The second-order valence-electron chi connectivity index (χ2n) is 6.65. The summed E-state index contributed by atoms with van der Waals surface area (Å²) in [6.07, 6.45) is 3.91. The minimum atomic E-state index is 0.186. The first-order valence-electron chi connectivity index (χ1n) is 8.76. The number of rotatable bonds is 6. The van der Waals surface area contributed by atoms with E-state index in [-0.39, 0.29) is 11.8 Å². The lowest BCUT2D eigenvalue weighted by Gasteiger charge is -2.10. The van der Waals surface area contributed by atoms with E-state index in [1.165, 1.54) is 5.56 Å². The molecule has 128 valence electrons. The Hall–Kier alpha value is -2.82. The van der Waals surface area contributed by atoms with Crippen molar-refractivity contribution in [2.24, 2.45) is 5.92 Å². The minimum Gasteiger partial charge on any atom is -0.355 e. The van der Waals surface area contributed by atoms with Crippen molar-refractivity contribution in [3.63, 3.8) is 0 Å². The molecule has 0 atom stereocenters. The van der Waals surface area contributed by atoms with Gasteiger partial charge in [0.1, 0.15) is 0 Å². The van der Waals surface area contributed by atoms with Gasteiger partial charge in [0, 0.05) is 30.4 Å².